The topological polar surface area (TPSA) is 43.6 Å². The Morgan fingerprint density at radius 3 is 2.44 bits per heavy atom. The molecular weight excluding hydrogens is 396 g/mol. The Morgan fingerprint density at radius 1 is 0.840 bits per heavy atom. The maximum atomic E-state index is 4.84. The van der Waals surface area contributed by atoms with Gasteiger partial charge in [-0.05, 0) is 41.8 Å². The van der Waals surface area contributed by atoms with E-state index in [0.29, 0.717) is 5.65 Å². The van der Waals surface area contributed by atoms with Crippen molar-refractivity contribution >= 4 is 49.6 Å². The van der Waals surface area contributed by atoms with E-state index in [2.05, 4.69) is 44.1 Å². The molecule has 0 saturated carbocycles. The van der Waals surface area contributed by atoms with E-state index in [1.165, 1.54) is 0 Å². The summed E-state index contributed by atoms with van der Waals surface area (Å²) in [5.74, 6) is 0.860. The van der Waals surface area contributed by atoms with Crippen molar-refractivity contribution < 1.29 is 0 Å². The standard InChI is InChI=1S/C19H11BrN4S/c20-12-5-3-6-13(11-12)24-18(16-9-4-10-25-16)23-17-19(24)22-15-8-2-1-7-14(15)21-17/h1-11H. The third-order valence-electron chi connectivity index (χ3n) is 3.98. The van der Waals surface area contributed by atoms with Gasteiger partial charge in [0.05, 0.1) is 21.6 Å². The molecular formula is C19H11BrN4S. The van der Waals surface area contributed by atoms with Crippen molar-refractivity contribution in [1.29, 1.82) is 0 Å². The largest absolute Gasteiger partial charge is 0.275 e. The number of imidazole rings is 1. The zero-order valence-electron chi connectivity index (χ0n) is 12.9. The second-order valence-electron chi connectivity index (χ2n) is 5.59. The van der Waals surface area contributed by atoms with Crippen LogP contribution in [-0.4, -0.2) is 19.5 Å². The average Bonchev–Trinajstić information content (AvgIpc) is 3.27. The van der Waals surface area contributed by atoms with Gasteiger partial charge in [0.15, 0.2) is 17.1 Å². The maximum Gasteiger partial charge on any atom is 0.199 e. The fraction of sp³-hybridized carbons (Fsp3) is 0. The summed E-state index contributed by atoms with van der Waals surface area (Å²) in [6.45, 7) is 0. The van der Waals surface area contributed by atoms with Crippen LogP contribution in [0.4, 0.5) is 0 Å². The van der Waals surface area contributed by atoms with Crippen LogP contribution in [0.3, 0.4) is 0 Å². The first kappa shape index (κ1) is 14.7. The molecule has 0 aliphatic rings. The highest BCUT2D eigenvalue weighted by molar-refractivity contribution is 9.10. The first-order valence-electron chi connectivity index (χ1n) is 7.75. The lowest BCUT2D eigenvalue weighted by molar-refractivity contribution is 1.09. The van der Waals surface area contributed by atoms with Gasteiger partial charge >= 0.3 is 0 Å². The fourth-order valence-corrected chi connectivity index (χ4v) is 3.98. The first-order chi connectivity index (χ1) is 12.3. The Morgan fingerprint density at radius 2 is 1.68 bits per heavy atom. The van der Waals surface area contributed by atoms with Crippen molar-refractivity contribution in [3.8, 4) is 16.4 Å². The Balaban J connectivity index is 1.91. The van der Waals surface area contributed by atoms with Crippen LogP contribution >= 0.6 is 27.3 Å². The molecule has 0 aliphatic heterocycles. The van der Waals surface area contributed by atoms with Crippen LogP contribution < -0.4 is 0 Å². The second kappa shape index (κ2) is 5.75. The van der Waals surface area contributed by atoms with Crippen molar-refractivity contribution in [2.75, 3.05) is 0 Å². The zero-order valence-corrected chi connectivity index (χ0v) is 15.3. The van der Waals surface area contributed by atoms with Crippen LogP contribution in [-0.2, 0) is 0 Å². The molecule has 0 unspecified atom stereocenters. The number of thiophene rings is 1. The van der Waals surface area contributed by atoms with Crippen LogP contribution in [0.25, 0.3) is 38.7 Å². The second-order valence-corrected chi connectivity index (χ2v) is 7.45. The molecule has 0 saturated heterocycles. The third kappa shape index (κ3) is 2.45. The predicted octanol–water partition coefficient (Wildman–Crippen LogP) is 5.46. The van der Waals surface area contributed by atoms with E-state index in [0.717, 1.165) is 37.5 Å². The van der Waals surface area contributed by atoms with Gasteiger partial charge in [-0.1, -0.05) is 40.2 Å². The fourth-order valence-electron chi connectivity index (χ4n) is 2.89. The minimum atomic E-state index is 0.655. The molecule has 0 atom stereocenters. The molecule has 2 aromatic carbocycles. The van der Waals surface area contributed by atoms with Gasteiger partial charge in [-0.2, -0.15) is 0 Å². The Kier molecular flexibility index (Phi) is 3.39. The number of para-hydroxylation sites is 2. The van der Waals surface area contributed by atoms with Gasteiger partial charge in [-0.25, -0.2) is 15.0 Å². The van der Waals surface area contributed by atoms with Gasteiger partial charge in [0.1, 0.15) is 0 Å². The molecule has 0 bridgehead atoms. The quantitative estimate of drug-likeness (QED) is 0.390. The highest BCUT2D eigenvalue weighted by atomic mass is 79.9. The summed E-state index contributed by atoms with van der Waals surface area (Å²) in [6, 6.07) is 20.1. The lowest BCUT2D eigenvalue weighted by Crippen LogP contribution is -1.98. The number of aromatic nitrogens is 4. The lowest BCUT2D eigenvalue weighted by Gasteiger charge is -2.08. The van der Waals surface area contributed by atoms with Crippen molar-refractivity contribution in [2.24, 2.45) is 0 Å². The molecule has 4 nitrogen and oxygen atoms in total. The monoisotopic (exact) mass is 406 g/mol. The molecule has 0 spiro atoms. The molecule has 0 amide bonds. The van der Waals surface area contributed by atoms with Crippen LogP contribution in [0.15, 0.2) is 70.5 Å². The Bertz CT molecular complexity index is 1210. The number of hydrogen-bond acceptors (Lipinski definition) is 4. The SMILES string of the molecule is Brc1cccc(-n2c(-c3cccs3)nc3nc4ccccc4nc32)c1. The van der Waals surface area contributed by atoms with Gasteiger partial charge in [0.2, 0.25) is 0 Å². The number of benzene rings is 2. The molecule has 0 N–H and O–H groups in total. The summed E-state index contributed by atoms with van der Waals surface area (Å²) < 4.78 is 3.09. The normalized spacial score (nSPS) is 11.4. The number of nitrogens with zero attached hydrogens (tertiary/aromatic N) is 4. The van der Waals surface area contributed by atoms with Gasteiger partial charge in [0, 0.05) is 4.47 Å². The molecule has 5 aromatic rings. The van der Waals surface area contributed by atoms with Gasteiger partial charge in [-0.15, -0.1) is 11.3 Å². The van der Waals surface area contributed by atoms with E-state index >= 15 is 0 Å². The van der Waals surface area contributed by atoms with E-state index in [4.69, 9.17) is 15.0 Å². The van der Waals surface area contributed by atoms with E-state index < -0.39 is 0 Å². The predicted molar refractivity (Wildman–Crippen MR) is 105 cm³/mol. The van der Waals surface area contributed by atoms with Crippen LogP contribution in [0.1, 0.15) is 0 Å². The summed E-state index contributed by atoms with van der Waals surface area (Å²) in [6.07, 6.45) is 0. The van der Waals surface area contributed by atoms with Crippen molar-refractivity contribution in [3.63, 3.8) is 0 Å². The van der Waals surface area contributed by atoms with Gasteiger partial charge in [-0.3, -0.25) is 4.57 Å². The number of rotatable bonds is 2. The van der Waals surface area contributed by atoms with E-state index in [1.54, 1.807) is 11.3 Å². The molecule has 0 fully saturated rings. The maximum absolute atomic E-state index is 4.84. The summed E-state index contributed by atoms with van der Waals surface area (Å²) >= 11 is 5.22. The minimum absolute atomic E-state index is 0.655. The van der Waals surface area contributed by atoms with Crippen molar-refractivity contribution in [2.45, 2.75) is 0 Å². The third-order valence-corrected chi connectivity index (χ3v) is 5.34. The minimum Gasteiger partial charge on any atom is -0.275 e. The molecule has 0 aliphatic carbocycles. The molecule has 6 heteroatoms. The Labute approximate surface area is 155 Å². The highest BCUT2D eigenvalue weighted by Crippen LogP contribution is 2.31. The van der Waals surface area contributed by atoms with Crippen molar-refractivity contribution in [1.82, 2.24) is 19.5 Å². The average molecular weight is 407 g/mol. The highest BCUT2D eigenvalue weighted by Gasteiger charge is 2.18. The van der Waals surface area contributed by atoms with E-state index in [-0.39, 0.29) is 0 Å². The number of halogens is 1. The van der Waals surface area contributed by atoms with Gasteiger partial charge < -0.3 is 0 Å². The van der Waals surface area contributed by atoms with Crippen LogP contribution in [0.5, 0.6) is 0 Å². The van der Waals surface area contributed by atoms with Crippen LogP contribution in [0.2, 0.25) is 0 Å². The summed E-state index contributed by atoms with van der Waals surface area (Å²) in [5, 5.41) is 2.05. The molecule has 3 heterocycles. The Hall–Kier alpha value is -2.57. The van der Waals surface area contributed by atoms with Crippen LogP contribution in [0, 0.1) is 0 Å². The van der Waals surface area contributed by atoms with E-state index in [9.17, 15) is 0 Å². The molecule has 3 aromatic heterocycles. The summed E-state index contributed by atoms with van der Waals surface area (Å²) in [4.78, 5) is 15.4. The summed E-state index contributed by atoms with van der Waals surface area (Å²) in [5.41, 5.74) is 4.14. The van der Waals surface area contributed by atoms with Gasteiger partial charge in [0.25, 0.3) is 0 Å². The first-order valence-corrected chi connectivity index (χ1v) is 9.42. The number of fused-ring (bicyclic) bond motifs is 2. The molecule has 0 radical (unpaired) electrons. The molecule has 25 heavy (non-hydrogen) atoms. The number of hydrogen-bond donors (Lipinski definition) is 0. The smallest absolute Gasteiger partial charge is 0.199 e. The summed E-state index contributed by atoms with van der Waals surface area (Å²) in [7, 11) is 0. The van der Waals surface area contributed by atoms with E-state index in [1.807, 2.05) is 42.5 Å². The molecule has 5 rings (SSSR count). The zero-order chi connectivity index (χ0) is 16.8. The lowest BCUT2D eigenvalue weighted by atomic mass is 10.3. The van der Waals surface area contributed by atoms with Crippen molar-refractivity contribution in [3.05, 3.63) is 70.5 Å². The molecule has 120 valence electrons.